The molecule has 1 unspecified atom stereocenters. The third kappa shape index (κ3) is 1.14. The summed E-state index contributed by atoms with van der Waals surface area (Å²) in [4.78, 5) is -0.0579. The van der Waals surface area contributed by atoms with Crippen LogP contribution in [-0.2, 0) is 0 Å². The number of aromatic nitrogens is 1. The number of nitrogens with zero attached hydrogens (tertiary/aromatic N) is 1. The van der Waals surface area contributed by atoms with Crippen molar-refractivity contribution in [3.05, 3.63) is 16.8 Å². The van der Waals surface area contributed by atoms with Gasteiger partial charge in [-0.15, -0.1) is 0 Å². The normalized spacial score (nSPS) is 36.9. The minimum Gasteiger partial charge on any atom is -0.437 e. The standard InChI is InChI=1S/C7H9NO5S/c9-3-2-1-13-7(14)8(2)6(12)5(11)4(3)10/h1,3-6,9-12H/t3-,4+,5-,6?/m1/s1. The van der Waals surface area contributed by atoms with E-state index in [1.165, 1.54) is 0 Å². The van der Waals surface area contributed by atoms with Crippen molar-refractivity contribution < 1.29 is 24.8 Å². The highest BCUT2D eigenvalue weighted by Crippen LogP contribution is 2.32. The van der Waals surface area contributed by atoms with Crippen LogP contribution in [0.4, 0.5) is 0 Å². The molecular formula is C7H9NO5S. The molecule has 1 aromatic rings. The van der Waals surface area contributed by atoms with Crippen LogP contribution in [0.2, 0.25) is 0 Å². The third-order valence-electron chi connectivity index (χ3n) is 2.30. The maximum Gasteiger partial charge on any atom is 0.271 e. The van der Waals surface area contributed by atoms with Gasteiger partial charge in [-0.25, -0.2) is 0 Å². The molecule has 78 valence electrons. The zero-order valence-electron chi connectivity index (χ0n) is 6.94. The quantitative estimate of drug-likeness (QED) is 0.421. The van der Waals surface area contributed by atoms with Gasteiger partial charge in [-0.3, -0.25) is 4.57 Å². The number of hydrogen-bond acceptors (Lipinski definition) is 6. The number of fused-ring (bicyclic) bond motifs is 1. The molecule has 0 amide bonds. The topological polar surface area (TPSA) is 99.0 Å². The first-order valence-electron chi connectivity index (χ1n) is 3.96. The molecule has 7 heteroatoms. The SMILES string of the molecule is OC1[C@H](O)[C@@H](O)[C@H](O)c2coc(=S)n21. The first kappa shape index (κ1) is 9.81. The smallest absolute Gasteiger partial charge is 0.271 e. The van der Waals surface area contributed by atoms with Gasteiger partial charge in [-0.05, 0) is 12.2 Å². The van der Waals surface area contributed by atoms with Crippen LogP contribution in [0.3, 0.4) is 0 Å². The molecule has 2 rings (SSSR count). The van der Waals surface area contributed by atoms with Crippen molar-refractivity contribution in [2.75, 3.05) is 0 Å². The first-order valence-corrected chi connectivity index (χ1v) is 4.37. The lowest BCUT2D eigenvalue weighted by Crippen LogP contribution is -2.44. The van der Waals surface area contributed by atoms with Gasteiger partial charge in [0.1, 0.15) is 24.6 Å². The molecule has 0 spiro atoms. The van der Waals surface area contributed by atoms with Crippen LogP contribution in [0.25, 0.3) is 0 Å². The van der Waals surface area contributed by atoms with Crippen molar-refractivity contribution in [3.8, 4) is 0 Å². The van der Waals surface area contributed by atoms with Crippen LogP contribution in [0.5, 0.6) is 0 Å². The van der Waals surface area contributed by atoms with Gasteiger partial charge in [-0.1, -0.05) is 0 Å². The van der Waals surface area contributed by atoms with Crippen molar-refractivity contribution in [1.29, 1.82) is 0 Å². The number of aliphatic hydroxyl groups is 4. The molecule has 14 heavy (non-hydrogen) atoms. The largest absolute Gasteiger partial charge is 0.437 e. The van der Waals surface area contributed by atoms with Crippen molar-refractivity contribution >= 4 is 12.2 Å². The Morgan fingerprint density at radius 1 is 1.21 bits per heavy atom. The number of oxazole rings is 1. The Balaban J connectivity index is 2.58. The molecule has 0 bridgehead atoms. The zero-order valence-corrected chi connectivity index (χ0v) is 7.76. The fourth-order valence-corrected chi connectivity index (χ4v) is 1.76. The summed E-state index contributed by atoms with van der Waals surface area (Å²) < 4.78 is 5.86. The summed E-state index contributed by atoms with van der Waals surface area (Å²) >= 11 is 4.73. The molecular weight excluding hydrogens is 210 g/mol. The summed E-state index contributed by atoms with van der Waals surface area (Å²) in [6.07, 6.45) is -4.49. The summed E-state index contributed by atoms with van der Waals surface area (Å²) in [6.45, 7) is 0. The number of rotatable bonds is 0. The van der Waals surface area contributed by atoms with Gasteiger partial charge in [0.05, 0.1) is 5.69 Å². The summed E-state index contributed by atoms with van der Waals surface area (Å²) in [5.74, 6) is 0. The van der Waals surface area contributed by atoms with E-state index in [1.807, 2.05) is 0 Å². The van der Waals surface area contributed by atoms with E-state index in [4.69, 9.17) is 16.6 Å². The molecule has 0 saturated carbocycles. The minimum atomic E-state index is -1.48. The molecule has 0 radical (unpaired) electrons. The molecule has 4 atom stereocenters. The van der Waals surface area contributed by atoms with E-state index >= 15 is 0 Å². The molecule has 6 nitrogen and oxygen atoms in total. The van der Waals surface area contributed by atoms with Gasteiger partial charge >= 0.3 is 0 Å². The Bertz CT molecular complexity index is 399. The summed E-state index contributed by atoms with van der Waals surface area (Å²) in [7, 11) is 0. The second-order valence-electron chi connectivity index (χ2n) is 3.14. The Labute approximate surface area is 83.6 Å². The van der Waals surface area contributed by atoms with E-state index in [0.29, 0.717) is 0 Å². The highest BCUT2D eigenvalue weighted by molar-refractivity contribution is 7.71. The van der Waals surface area contributed by atoms with Crippen LogP contribution < -0.4 is 0 Å². The Morgan fingerprint density at radius 2 is 1.86 bits per heavy atom. The molecule has 1 aliphatic rings. The third-order valence-corrected chi connectivity index (χ3v) is 2.59. The second kappa shape index (κ2) is 3.14. The molecule has 1 aliphatic heterocycles. The summed E-state index contributed by atoms with van der Waals surface area (Å²) in [5.41, 5.74) is 0.153. The van der Waals surface area contributed by atoms with Crippen molar-refractivity contribution in [2.45, 2.75) is 24.5 Å². The fraction of sp³-hybridized carbons (Fsp3) is 0.571. The highest BCUT2D eigenvalue weighted by Gasteiger charge is 2.40. The van der Waals surface area contributed by atoms with Gasteiger partial charge in [0, 0.05) is 0 Å². The van der Waals surface area contributed by atoms with Crippen molar-refractivity contribution in [3.63, 3.8) is 0 Å². The first-order chi connectivity index (χ1) is 6.54. The van der Waals surface area contributed by atoms with E-state index in [1.54, 1.807) is 0 Å². The monoisotopic (exact) mass is 219 g/mol. The Kier molecular flexibility index (Phi) is 2.20. The van der Waals surface area contributed by atoms with Gasteiger partial charge in [0.25, 0.3) is 4.84 Å². The Morgan fingerprint density at radius 3 is 2.50 bits per heavy atom. The van der Waals surface area contributed by atoms with Crippen molar-refractivity contribution in [1.82, 2.24) is 4.57 Å². The molecule has 0 saturated heterocycles. The van der Waals surface area contributed by atoms with Crippen LogP contribution in [0, 0.1) is 4.84 Å². The molecule has 2 heterocycles. The Hall–Kier alpha value is -0.730. The van der Waals surface area contributed by atoms with Crippen LogP contribution in [0.1, 0.15) is 18.0 Å². The second-order valence-corrected chi connectivity index (χ2v) is 3.49. The van der Waals surface area contributed by atoms with Gasteiger partial charge in [-0.2, -0.15) is 0 Å². The molecule has 4 N–H and O–H groups in total. The minimum absolute atomic E-state index is 0.0579. The van der Waals surface area contributed by atoms with E-state index in [2.05, 4.69) is 0 Å². The number of aliphatic hydroxyl groups excluding tert-OH is 4. The predicted octanol–water partition coefficient (Wildman–Crippen LogP) is -0.930. The van der Waals surface area contributed by atoms with Crippen LogP contribution >= 0.6 is 12.2 Å². The average Bonchev–Trinajstić information content (AvgIpc) is 2.54. The van der Waals surface area contributed by atoms with Crippen LogP contribution in [0.15, 0.2) is 10.7 Å². The zero-order chi connectivity index (χ0) is 10.5. The van der Waals surface area contributed by atoms with Gasteiger partial charge in [0.2, 0.25) is 0 Å². The fourth-order valence-electron chi connectivity index (χ4n) is 1.49. The predicted molar refractivity (Wildman–Crippen MR) is 45.8 cm³/mol. The lowest BCUT2D eigenvalue weighted by atomic mass is 10.00. The van der Waals surface area contributed by atoms with Crippen LogP contribution in [-0.4, -0.2) is 37.2 Å². The van der Waals surface area contributed by atoms with Crippen molar-refractivity contribution in [2.24, 2.45) is 0 Å². The molecule has 0 fully saturated rings. The lowest BCUT2D eigenvalue weighted by molar-refractivity contribution is -0.151. The van der Waals surface area contributed by atoms with E-state index in [-0.39, 0.29) is 10.5 Å². The highest BCUT2D eigenvalue weighted by atomic mass is 32.1. The lowest BCUT2D eigenvalue weighted by Gasteiger charge is -2.33. The maximum atomic E-state index is 9.50. The molecule has 0 aromatic carbocycles. The van der Waals surface area contributed by atoms with E-state index < -0.39 is 24.5 Å². The van der Waals surface area contributed by atoms with E-state index in [0.717, 1.165) is 10.8 Å². The maximum absolute atomic E-state index is 9.50. The van der Waals surface area contributed by atoms with E-state index in [9.17, 15) is 20.4 Å². The molecule has 1 aromatic heterocycles. The average molecular weight is 219 g/mol. The van der Waals surface area contributed by atoms with Gasteiger partial charge in [0.15, 0.2) is 6.23 Å². The number of hydrogen-bond donors (Lipinski definition) is 4. The summed E-state index contributed by atoms with van der Waals surface area (Å²) in [6, 6.07) is 0. The van der Waals surface area contributed by atoms with Gasteiger partial charge < -0.3 is 24.8 Å². The summed E-state index contributed by atoms with van der Waals surface area (Å²) in [5, 5.41) is 37.6. The molecule has 0 aliphatic carbocycles.